The summed E-state index contributed by atoms with van der Waals surface area (Å²) in [5.41, 5.74) is 3.06. The highest BCUT2D eigenvalue weighted by molar-refractivity contribution is 14.0. The van der Waals surface area contributed by atoms with Gasteiger partial charge in [-0.3, -0.25) is 0 Å². The van der Waals surface area contributed by atoms with Crippen LogP contribution < -0.4 is 10.6 Å². The molecule has 2 rings (SSSR count). The van der Waals surface area contributed by atoms with E-state index in [1.54, 1.807) is 0 Å². The van der Waals surface area contributed by atoms with Crippen molar-refractivity contribution < 1.29 is 5.11 Å². The summed E-state index contributed by atoms with van der Waals surface area (Å²) in [5.74, 6) is 1.86. The highest BCUT2D eigenvalue weighted by Gasteiger charge is 2.11. The molecule has 0 amide bonds. The third kappa shape index (κ3) is 7.65. The number of aliphatic hydroxyl groups excluding tert-OH is 1. The van der Waals surface area contributed by atoms with Crippen molar-refractivity contribution in [3.8, 4) is 0 Å². The predicted molar refractivity (Wildman–Crippen MR) is 123 cm³/mol. The van der Waals surface area contributed by atoms with Crippen LogP contribution in [0.5, 0.6) is 0 Å². The number of aliphatic hydroxyl groups is 1. The average molecular weight is 487 g/mol. The highest BCUT2D eigenvalue weighted by atomic mass is 127. The summed E-state index contributed by atoms with van der Waals surface area (Å²) in [6.07, 6.45) is 3.96. The Kier molecular flexibility index (Phi) is 10.7. The Morgan fingerprint density at radius 2 is 2.07 bits per heavy atom. The molecule has 2 heterocycles. The molecule has 1 unspecified atom stereocenters. The number of hydrogen-bond acceptors (Lipinski definition) is 3. The van der Waals surface area contributed by atoms with Gasteiger partial charge in [0.25, 0.3) is 0 Å². The van der Waals surface area contributed by atoms with Crippen molar-refractivity contribution in [2.75, 3.05) is 19.7 Å². The maximum absolute atomic E-state index is 9.28. The summed E-state index contributed by atoms with van der Waals surface area (Å²) in [7, 11) is 0. The summed E-state index contributed by atoms with van der Waals surface area (Å²) >= 11 is 0. The molecule has 0 fully saturated rings. The van der Waals surface area contributed by atoms with E-state index < -0.39 is 0 Å². The van der Waals surface area contributed by atoms with Gasteiger partial charge in [0.1, 0.15) is 5.65 Å². The summed E-state index contributed by atoms with van der Waals surface area (Å²) in [5, 5.41) is 16.0. The van der Waals surface area contributed by atoms with E-state index in [-0.39, 0.29) is 30.6 Å². The van der Waals surface area contributed by atoms with Crippen LogP contribution in [0.1, 0.15) is 45.0 Å². The van der Waals surface area contributed by atoms with Crippen molar-refractivity contribution in [2.24, 2.45) is 16.8 Å². The number of imidazole rings is 1. The minimum Gasteiger partial charge on any atom is -0.396 e. The van der Waals surface area contributed by atoms with Crippen LogP contribution in [-0.2, 0) is 6.54 Å². The van der Waals surface area contributed by atoms with Crippen molar-refractivity contribution in [2.45, 2.75) is 47.1 Å². The Balaban J connectivity index is 0.00000364. The number of nitrogens with zero attached hydrogens (tertiary/aromatic N) is 3. The van der Waals surface area contributed by atoms with E-state index in [4.69, 9.17) is 0 Å². The molecule has 6 nitrogen and oxygen atoms in total. The lowest BCUT2D eigenvalue weighted by Crippen LogP contribution is -2.40. The minimum absolute atomic E-state index is 0. The van der Waals surface area contributed by atoms with Crippen molar-refractivity contribution in [1.82, 2.24) is 20.0 Å². The molecule has 0 radical (unpaired) electrons. The number of pyridine rings is 1. The Bertz CT molecular complexity index is 713. The Labute approximate surface area is 179 Å². The van der Waals surface area contributed by atoms with Crippen LogP contribution in [0, 0.1) is 18.8 Å². The first-order valence-corrected chi connectivity index (χ1v) is 9.60. The lowest BCUT2D eigenvalue weighted by Gasteiger charge is -2.20. The monoisotopic (exact) mass is 487 g/mol. The predicted octanol–water partition coefficient (Wildman–Crippen LogP) is 3.36. The fourth-order valence-electron chi connectivity index (χ4n) is 3.17. The zero-order chi connectivity index (χ0) is 18.9. The van der Waals surface area contributed by atoms with E-state index >= 15 is 0 Å². The second-order valence-electron chi connectivity index (χ2n) is 7.21. The number of nitrogens with one attached hydrogen (secondary N) is 2. The molecular weight excluding hydrogens is 453 g/mol. The third-order valence-corrected chi connectivity index (χ3v) is 4.39. The number of guanidine groups is 1. The smallest absolute Gasteiger partial charge is 0.191 e. The van der Waals surface area contributed by atoms with Crippen molar-refractivity contribution in [3.05, 3.63) is 35.8 Å². The average Bonchev–Trinajstić information content (AvgIpc) is 3.01. The van der Waals surface area contributed by atoms with Gasteiger partial charge < -0.3 is 20.1 Å². The van der Waals surface area contributed by atoms with Crippen LogP contribution in [0.2, 0.25) is 0 Å². The molecule has 0 saturated heterocycles. The van der Waals surface area contributed by atoms with Gasteiger partial charge in [-0.05, 0) is 50.7 Å². The lowest BCUT2D eigenvalue weighted by atomic mass is 9.94. The zero-order valence-electron chi connectivity index (χ0n) is 16.9. The van der Waals surface area contributed by atoms with E-state index in [2.05, 4.69) is 58.8 Å². The Morgan fingerprint density at radius 3 is 2.70 bits per heavy atom. The molecule has 3 N–H and O–H groups in total. The quantitative estimate of drug-likeness (QED) is 0.288. The van der Waals surface area contributed by atoms with Crippen LogP contribution >= 0.6 is 24.0 Å². The number of aryl methyl sites for hydroxylation is 1. The topological polar surface area (TPSA) is 74.0 Å². The first kappa shape index (κ1) is 23.7. The van der Waals surface area contributed by atoms with Gasteiger partial charge in [-0.15, -0.1) is 24.0 Å². The van der Waals surface area contributed by atoms with Gasteiger partial charge in [-0.25, -0.2) is 9.98 Å². The Morgan fingerprint density at radius 1 is 1.30 bits per heavy atom. The molecule has 7 heteroatoms. The van der Waals surface area contributed by atoms with E-state index in [1.807, 2.05) is 18.3 Å². The molecule has 27 heavy (non-hydrogen) atoms. The highest BCUT2D eigenvalue weighted by Crippen LogP contribution is 2.14. The standard InChI is InChI=1S/C20H33N5O.HI/c1-5-21-20(22-12-17(9-10-26)11-15(2)3)23-13-18-14-25-16(4)7-6-8-19(25)24-18;/h6-8,14-15,17,26H,5,9-13H2,1-4H3,(H2,21,22,23);1H. The van der Waals surface area contributed by atoms with Crippen LogP contribution in [0.4, 0.5) is 0 Å². The third-order valence-electron chi connectivity index (χ3n) is 4.39. The number of rotatable bonds is 9. The SMILES string of the molecule is CCNC(=NCc1cn2c(C)cccc2n1)NCC(CCO)CC(C)C.I. The normalized spacial score (nSPS) is 12.9. The van der Waals surface area contributed by atoms with Crippen LogP contribution in [0.15, 0.2) is 29.4 Å². The maximum atomic E-state index is 9.28. The zero-order valence-corrected chi connectivity index (χ0v) is 19.2. The lowest BCUT2D eigenvalue weighted by molar-refractivity contribution is 0.243. The van der Waals surface area contributed by atoms with Gasteiger partial charge in [-0.2, -0.15) is 0 Å². The van der Waals surface area contributed by atoms with Gasteiger partial charge in [0, 0.05) is 31.6 Å². The molecule has 0 aromatic carbocycles. The van der Waals surface area contributed by atoms with E-state index in [9.17, 15) is 5.11 Å². The molecule has 1 atom stereocenters. The van der Waals surface area contributed by atoms with E-state index in [0.29, 0.717) is 18.4 Å². The fourth-order valence-corrected chi connectivity index (χ4v) is 3.17. The molecule has 0 saturated carbocycles. The number of halogens is 1. The van der Waals surface area contributed by atoms with Crippen LogP contribution in [0.3, 0.4) is 0 Å². The fraction of sp³-hybridized carbons (Fsp3) is 0.600. The van der Waals surface area contributed by atoms with E-state index in [1.165, 1.54) is 0 Å². The van der Waals surface area contributed by atoms with Crippen molar-refractivity contribution >= 4 is 35.6 Å². The number of hydrogen-bond donors (Lipinski definition) is 3. The summed E-state index contributed by atoms with van der Waals surface area (Å²) in [6.45, 7) is 11.0. The van der Waals surface area contributed by atoms with Crippen LogP contribution in [0.25, 0.3) is 5.65 Å². The summed E-state index contributed by atoms with van der Waals surface area (Å²) in [4.78, 5) is 9.31. The van der Waals surface area contributed by atoms with Crippen LogP contribution in [-0.4, -0.2) is 40.1 Å². The summed E-state index contributed by atoms with van der Waals surface area (Å²) in [6, 6.07) is 6.10. The number of fused-ring (bicyclic) bond motifs is 1. The molecule has 0 aliphatic carbocycles. The molecule has 0 bridgehead atoms. The Hall–Kier alpha value is -1.35. The van der Waals surface area contributed by atoms with E-state index in [0.717, 1.165) is 48.9 Å². The molecule has 2 aromatic heterocycles. The number of aromatic nitrogens is 2. The second-order valence-corrected chi connectivity index (χ2v) is 7.21. The van der Waals surface area contributed by atoms with Crippen molar-refractivity contribution in [3.63, 3.8) is 0 Å². The molecule has 152 valence electrons. The molecule has 2 aromatic rings. The van der Waals surface area contributed by atoms with Gasteiger partial charge in [0.15, 0.2) is 5.96 Å². The molecular formula is C20H34IN5O. The minimum atomic E-state index is 0. The van der Waals surface area contributed by atoms with Gasteiger partial charge in [0.2, 0.25) is 0 Å². The van der Waals surface area contributed by atoms with Gasteiger partial charge >= 0.3 is 0 Å². The van der Waals surface area contributed by atoms with Crippen molar-refractivity contribution in [1.29, 1.82) is 0 Å². The number of aliphatic imine (C=N–C) groups is 1. The molecule has 0 aliphatic heterocycles. The maximum Gasteiger partial charge on any atom is 0.191 e. The molecule has 0 spiro atoms. The first-order valence-electron chi connectivity index (χ1n) is 9.60. The summed E-state index contributed by atoms with van der Waals surface area (Å²) < 4.78 is 2.09. The first-order chi connectivity index (χ1) is 12.5. The largest absolute Gasteiger partial charge is 0.396 e. The van der Waals surface area contributed by atoms with Gasteiger partial charge in [-0.1, -0.05) is 19.9 Å². The molecule has 0 aliphatic rings. The second kappa shape index (κ2) is 12.2. The van der Waals surface area contributed by atoms with Gasteiger partial charge in [0.05, 0.1) is 12.2 Å².